The predicted octanol–water partition coefficient (Wildman–Crippen LogP) is 4.28. The van der Waals surface area contributed by atoms with Crippen molar-refractivity contribution in [1.29, 1.82) is 0 Å². The molecular weight excluding hydrogens is 325 g/mol. The Balaban J connectivity index is 1.54. The smallest absolute Gasteiger partial charge is 0.123 e. The molecule has 3 aromatic rings. The molecular formula is C23H24FNO. The summed E-state index contributed by atoms with van der Waals surface area (Å²) in [5, 5.41) is 16.8. The molecule has 1 aliphatic heterocycles. The number of aliphatic hydroxyl groups is 1. The van der Waals surface area contributed by atoms with Gasteiger partial charge in [-0.25, -0.2) is 4.39 Å². The van der Waals surface area contributed by atoms with E-state index in [0.717, 1.165) is 30.6 Å². The van der Waals surface area contributed by atoms with Crippen molar-refractivity contribution < 1.29 is 9.50 Å². The molecule has 0 aliphatic carbocycles. The zero-order valence-corrected chi connectivity index (χ0v) is 14.7. The SMILES string of the molecule is OC(Cc1ccc2ccccc2c1)C1CNCCC1c1ccc(F)cc1. The molecule has 0 bridgehead atoms. The summed E-state index contributed by atoms with van der Waals surface area (Å²) >= 11 is 0. The quantitative estimate of drug-likeness (QED) is 0.737. The average molecular weight is 349 g/mol. The zero-order chi connectivity index (χ0) is 17.9. The highest BCUT2D eigenvalue weighted by atomic mass is 19.1. The molecule has 1 saturated heterocycles. The number of rotatable bonds is 4. The molecule has 26 heavy (non-hydrogen) atoms. The van der Waals surface area contributed by atoms with E-state index < -0.39 is 6.10 Å². The molecule has 1 fully saturated rings. The molecule has 1 aliphatic rings. The monoisotopic (exact) mass is 349 g/mol. The van der Waals surface area contributed by atoms with E-state index in [9.17, 15) is 9.50 Å². The van der Waals surface area contributed by atoms with E-state index in [1.165, 1.54) is 22.9 Å². The molecule has 0 aromatic heterocycles. The largest absolute Gasteiger partial charge is 0.392 e. The van der Waals surface area contributed by atoms with Gasteiger partial charge in [-0.05, 0) is 59.3 Å². The van der Waals surface area contributed by atoms with E-state index in [0.29, 0.717) is 6.42 Å². The molecule has 3 unspecified atom stereocenters. The Kier molecular flexibility index (Phi) is 5.00. The van der Waals surface area contributed by atoms with E-state index in [1.54, 1.807) is 0 Å². The van der Waals surface area contributed by atoms with Gasteiger partial charge in [0.05, 0.1) is 6.10 Å². The molecule has 4 rings (SSSR count). The van der Waals surface area contributed by atoms with Crippen molar-refractivity contribution in [3.63, 3.8) is 0 Å². The van der Waals surface area contributed by atoms with Crippen molar-refractivity contribution in [2.24, 2.45) is 5.92 Å². The van der Waals surface area contributed by atoms with Crippen LogP contribution in [0.4, 0.5) is 4.39 Å². The van der Waals surface area contributed by atoms with Crippen LogP contribution in [0, 0.1) is 11.7 Å². The molecule has 0 amide bonds. The third-order valence-electron chi connectivity index (χ3n) is 5.58. The Bertz CT molecular complexity index is 877. The van der Waals surface area contributed by atoms with Crippen LogP contribution >= 0.6 is 0 Å². The molecule has 0 spiro atoms. The van der Waals surface area contributed by atoms with Gasteiger partial charge in [0.25, 0.3) is 0 Å². The molecule has 3 heteroatoms. The van der Waals surface area contributed by atoms with Crippen LogP contribution in [-0.2, 0) is 6.42 Å². The van der Waals surface area contributed by atoms with Crippen LogP contribution in [0.1, 0.15) is 23.5 Å². The predicted molar refractivity (Wildman–Crippen MR) is 104 cm³/mol. The van der Waals surface area contributed by atoms with Gasteiger partial charge in [0.2, 0.25) is 0 Å². The Labute approximate surface area is 153 Å². The van der Waals surface area contributed by atoms with Crippen molar-refractivity contribution in [2.45, 2.75) is 24.9 Å². The molecule has 0 saturated carbocycles. The van der Waals surface area contributed by atoms with Gasteiger partial charge in [0.15, 0.2) is 0 Å². The average Bonchev–Trinajstić information content (AvgIpc) is 2.68. The lowest BCUT2D eigenvalue weighted by Crippen LogP contribution is -2.42. The van der Waals surface area contributed by atoms with Gasteiger partial charge in [0, 0.05) is 12.5 Å². The van der Waals surface area contributed by atoms with Crippen LogP contribution in [0.2, 0.25) is 0 Å². The molecule has 2 nitrogen and oxygen atoms in total. The molecule has 134 valence electrons. The van der Waals surface area contributed by atoms with Crippen molar-refractivity contribution >= 4 is 10.8 Å². The number of hydrogen-bond donors (Lipinski definition) is 2. The minimum Gasteiger partial charge on any atom is -0.392 e. The third kappa shape index (κ3) is 3.64. The summed E-state index contributed by atoms with van der Waals surface area (Å²) in [6.07, 6.45) is 1.17. The summed E-state index contributed by atoms with van der Waals surface area (Å²) in [6, 6.07) is 21.4. The second-order valence-corrected chi connectivity index (χ2v) is 7.27. The molecule has 0 radical (unpaired) electrons. The van der Waals surface area contributed by atoms with Crippen LogP contribution in [0.15, 0.2) is 66.7 Å². The number of halogens is 1. The van der Waals surface area contributed by atoms with Crippen LogP contribution in [0.25, 0.3) is 10.8 Å². The minimum atomic E-state index is -0.431. The van der Waals surface area contributed by atoms with Crippen LogP contribution in [0.5, 0.6) is 0 Å². The van der Waals surface area contributed by atoms with Gasteiger partial charge >= 0.3 is 0 Å². The topological polar surface area (TPSA) is 32.3 Å². The number of fused-ring (bicyclic) bond motifs is 1. The lowest BCUT2D eigenvalue weighted by Gasteiger charge is -2.36. The molecule has 3 aromatic carbocycles. The van der Waals surface area contributed by atoms with E-state index in [2.05, 4.69) is 35.6 Å². The van der Waals surface area contributed by atoms with Crippen LogP contribution in [0.3, 0.4) is 0 Å². The van der Waals surface area contributed by atoms with E-state index in [-0.39, 0.29) is 17.7 Å². The summed E-state index contributed by atoms with van der Waals surface area (Å²) in [6.45, 7) is 1.72. The van der Waals surface area contributed by atoms with Gasteiger partial charge in [0.1, 0.15) is 5.82 Å². The Hall–Kier alpha value is -2.23. The van der Waals surface area contributed by atoms with Crippen LogP contribution in [-0.4, -0.2) is 24.3 Å². The lowest BCUT2D eigenvalue weighted by molar-refractivity contribution is 0.0788. The molecule has 3 atom stereocenters. The maximum atomic E-state index is 13.3. The summed E-state index contributed by atoms with van der Waals surface area (Å²) in [5.41, 5.74) is 2.27. The first-order chi connectivity index (χ1) is 12.7. The Morgan fingerprint density at radius 2 is 1.77 bits per heavy atom. The second-order valence-electron chi connectivity index (χ2n) is 7.27. The summed E-state index contributed by atoms with van der Waals surface area (Å²) in [5.74, 6) is 0.170. The number of hydrogen-bond acceptors (Lipinski definition) is 2. The van der Waals surface area contributed by atoms with Crippen molar-refractivity contribution in [3.8, 4) is 0 Å². The lowest BCUT2D eigenvalue weighted by atomic mass is 9.77. The Morgan fingerprint density at radius 3 is 2.58 bits per heavy atom. The fourth-order valence-corrected chi connectivity index (χ4v) is 4.17. The Morgan fingerprint density at radius 1 is 1.00 bits per heavy atom. The maximum Gasteiger partial charge on any atom is 0.123 e. The molecule has 2 N–H and O–H groups in total. The van der Waals surface area contributed by atoms with Crippen molar-refractivity contribution in [2.75, 3.05) is 13.1 Å². The summed E-state index contributed by atoms with van der Waals surface area (Å²) < 4.78 is 13.3. The van der Waals surface area contributed by atoms with Gasteiger partial charge in [-0.15, -0.1) is 0 Å². The first kappa shape index (κ1) is 17.2. The standard InChI is InChI=1S/C23H24FNO/c24-20-9-7-18(8-10-20)21-11-12-25-15-22(21)23(26)14-16-5-6-17-3-1-2-4-19(17)13-16/h1-10,13,21-23,25-26H,11-12,14-15H2. The number of aliphatic hydroxyl groups excluding tert-OH is 1. The fraction of sp³-hybridized carbons (Fsp3) is 0.304. The number of piperidine rings is 1. The fourth-order valence-electron chi connectivity index (χ4n) is 4.17. The van der Waals surface area contributed by atoms with Gasteiger partial charge in [-0.1, -0.05) is 54.6 Å². The van der Waals surface area contributed by atoms with Gasteiger partial charge in [-0.2, -0.15) is 0 Å². The first-order valence-corrected chi connectivity index (χ1v) is 9.32. The van der Waals surface area contributed by atoms with Crippen LogP contribution < -0.4 is 5.32 Å². The van der Waals surface area contributed by atoms with E-state index >= 15 is 0 Å². The normalized spacial score (nSPS) is 21.6. The third-order valence-corrected chi connectivity index (χ3v) is 5.58. The van der Waals surface area contributed by atoms with E-state index in [4.69, 9.17) is 0 Å². The maximum absolute atomic E-state index is 13.3. The second kappa shape index (κ2) is 7.56. The highest BCUT2D eigenvalue weighted by Gasteiger charge is 2.31. The minimum absolute atomic E-state index is 0.126. The summed E-state index contributed by atoms with van der Waals surface area (Å²) in [4.78, 5) is 0. The summed E-state index contributed by atoms with van der Waals surface area (Å²) in [7, 11) is 0. The zero-order valence-electron chi connectivity index (χ0n) is 14.7. The number of nitrogens with one attached hydrogen (secondary N) is 1. The number of benzene rings is 3. The highest BCUT2D eigenvalue weighted by Crippen LogP contribution is 2.33. The van der Waals surface area contributed by atoms with Gasteiger partial charge in [-0.3, -0.25) is 0 Å². The molecule has 1 heterocycles. The van der Waals surface area contributed by atoms with Crippen molar-refractivity contribution in [3.05, 3.63) is 83.7 Å². The van der Waals surface area contributed by atoms with Gasteiger partial charge < -0.3 is 10.4 Å². The van der Waals surface area contributed by atoms with E-state index in [1.807, 2.05) is 24.3 Å². The van der Waals surface area contributed by atoms with Crippen molar-refractivity contribution in [1.82, 2.24) is 5.32 Å². The highest BCUT2D eigenvalue weighted by molar-refractivity contribution is 5.83. The first-order valence-electron chi connectivity index (χ1n) is 9.32.